The van der Waals surface area contributed by atoms with Crippen LogP contribution in [-0.4, -0.2) is 88.7 Å². The van der Waals surface area contributed by atoms with Crippen LogP contribution in [0.15, 0.2) is 36.4 Å². The van der Waals surface area contributed by atoms with E-state index in [4.69, 9.17) is 9.47 Å². The maximum Gasteiger partial charge on any atom is 0.303 e. The van der Waals surface area contributed by atoms with Gasteiger partial charge in [-0.25, -0.2) is 13.1 Å². The van der Waals surface area contributed by atoms with Crippen LogP contribution < -0.4 is 9.46 Å². The first-order valence-corrected chi connectivity index (χ1v) is 18.1. The Hall–Kier alpha value is -2.97. The quantitative estimate of drug-likeness (QED) is 0.417. The van der Waals surface area contributed by atoms with Crippen molar-refractivity contribution in [1.29, 1.82) is 0 Å². The van der Waals surface area contributed by atoms with Crippen molar-refractivity contribution in [2.75, 3.05) is 47.5 Å². The van der Waals surface area contributed by atoms with Crippen LogP contribution in [-0.2, 0) is 37.9 Å². The van der Waals surface area contributed by atoms with Gasteiger partial charge in [-0.2, -0.15) is 17.0 Å². The number of aromatic nitrogens is 1. The SMILES string of the molecule is COc1ccc2c(c1)CC(S(=O)(=O)N1CCOCC1)Cn1c-2c(C2CCCCC2)c2ccc(C(=O)NS(=O)(=O)N(C)C)cc21. The smallest absolute Gasteiger partial charge is 0.303 e. The zero-order valence-electron chi connectivity index (χ0n) is 25.4. The Balaban J connectivity index is 1.57. The van der Waals surface area contributed by atoms with Gasteiger partial charge in [0.1, 0.15) is 5.75 Å². The number of nitrogens with zero attached hydrogens (tertiary/aromatic N) is 3. The number of benzene rings is 2. The van der Waals surface area contributed by atoms with Crippen LogP contribution in [0.2, 0.25) is 0 Å². The highest BCUT2D eigenvalue weighted by Crippen LogP contribution is 2.47. The maximum absolute atomic E-state index is 14.2. The lowest BCUT2D eigenvalue weighted by Gasteiger charge is -2.30. The molecule has 1 unspecified atom stereocenters. The largest absolute Gasteiger partial charge is 0.497 e. The highest BCUT2D eigenvalue weighted by atomic mass is 32.2. The number of morpholine rings is 1. The van der Waals surface area contributed by atoms with Crippen molar-refractivity contribution < 1.29 is 31.1 Å². The van der Waals surface area contributed by atoms with Gasteiger partial charge in [-0.3, -0.25) is 4.79 Å². The van der Waals surface area contributed by atoms with Crippen LogP contribution in [0, 0.1) is 0 Å². The fourth-order valence-electron chi connectivity index (χ4n) is 6.89. The zero-order valence-corrected chi connectivity index (χ0v) is 27.0. The molecule has 0 bridgehead atoms. The first-order valence-electron chi connectivity index (χ1n) is 15.2. The number of nitrogens with one attached hydrogen (secondary N) is 1. The lowest BCUT2D eigenvalue weighted by atomic mass is 9.81. The van der Waals surface area contributed by atoms with E-state index < -0.39 is 31.4 Å². The molecule has 0 radical (unpaired) electrons. The van der Waals surface area contributed by atoms with Crippen molar-refractivity contribution >= 4 is 37.0 Å². The third kappa shape index (κ3) is 5.64. The monoisotopic (exact) mass is 644 g/mol. The van der Waals surface area contributed by atoms with E-state index in [1.807, 2.05) is 24.3 Å². The van der Waals surface area contributed by atoms with E-state index in [1.54, 1.807) is 19.2 Å². The fourth-order valence-corrected chi connectivity index (χ4v) is 9.23. The Kier molecular flexibility index (Phi) is 8.52. The normalized spacial score (nSPS) is 20.2. The minimum atomic E-state index is -4.00. The molecule has 1 aliphatic carbocycles. The van der Waals surface area contributed by atoms with Crippen molar-refractivity contribution in [1.82, 2.24) is 17.9 Å². The Morgan fingerprint density at radius 2 is 1.73 bits per heavy atom. The molecule has 1 aromatic heterocycles. The van der Waals surface area contributed by atoms with Crippen molar-refractivity contribution in [3.8, 4) is 17.0 Å². The summed E-state index contributed by atoms with van der Waals surface area (Å²) in [6.07, 6.45) is 5.77. The van der Waals surface area contributed by atoms with Crippen LogP contribution >= 0.6 is 0 Å². The highest BCUT2D eigenvalue weighted by molar-refractivity contribution is 7.89. The Morgan fingerprint density at radius 1 is 1.00 bits per heavy atom. The summed E-state index contributed by atoms with van der Waals surface area (Å²) in [6, 6.07) is 11.1. The zero-order chi connectivity index (χ0) is 31.2. The minimum absolute atomic E-state index is 0.185. The lowest BCUT2D eigenvalue weighted by molar-refractivity contribution is 0.0725. The molecular weight excluding hydrogens is 604 g/mol. The Bertz CT molecular complexity index is 1790. The molecule has 1 atom stereocenters. The molecule has 3 aromatic rings. The van der Waals surface area contributed by atoms with Crippen LogP contribution in [0.5, 0.6) is 5.75 Å². The summed E-state index contributed by atoms with van der Waals surface area (Å²) in [7, 11) is -3.42. The average molecular weight is 645 g/mol. The molecule has 3 aliphatic rings. The predicted molar refractivity (Wildman–Crippen MR) is 169 cm³/mol. The van der Waals surface area contributed by atoms with Gasteiger partial charge in [-0.1, -0.05) is 25.3 Å². The number of rotatable bonds is 7. The predicted octanol–water partition coefficient (Wildman–Crippen LogP) is 3.49. The number of sulfonamides is 1. The average Bonchev–Trinajstić information content (AvgIpc) is 3.23. The van der Waals surface area contributed by atoms with Crippen molar-refractivity contribution in [2.45, 2.75) is 56.2 Å². The topological polar surface area (TPSA) is 127 Å². The molecule has 238 valence electrons. The number of hydrogen-bond acceptors (Lipinski definition) is 7. The molecule has 1 saturated heterocycles. The van der Waals surface area contributed by atoms with Gasteiger partial charge in [-0.15, -0.1) is 0 Å². The number of hydrogen-bond donors (Lipinski definition) is 1. The van der Waals surface area contributed by atoms with Gasteiger partial charge in [-0.05, 0) is 66.6 Å². The molecule has 3 heterocycles. The molecule has 6 rings (SSSR count). The summed E-state index contributed by atoms with van der Waals surface area (Å²) in [5.74, 6) is 0.196. The van der Waals surface area contributed by atoms with Gasteiger partial charge in [0.05, 0.1) is 31.3 Å². The fraction of sp³-hybridized carbons (Fsp3) is 0.516. The summed E-state index contributed by atoms with van der Waals surface area (Å²) in [5.41, 5.74) is 4.92. The molecule has 13 heteroatoms. The molecule has 1 saturated carbocycles. The van der Waals surface area contributed by atoms with Crippen LogP contribution in [0.4, 0.5) is 0 Å². The van der Waals surface area contributed by atoms with Gasteiger partial charge in [0.2, 0.25) is 10.0 Å². The van der Waals surface area contributed by atoms with Crippen molar-refractivity contribution in [2.24, 2.45) is 0 Å². The van der Waals surface area contributed by atoms with E-state index in [0.29, 0.717) is 38.5 Å². The summed E-state index contributed by atoms with van der Waals surface area (Å²) < 4.78 is 71.0. The number of amides is 1. The second-order valence-electron chi connectivity index (χ2n) is 12.1. The molecule has 1 amide bonds. The van der Waals surface area contributed by atoms with E-state index >= 15 is 0 Å². The number of ether oxygens (including phenoxy) is 2. The second kappa shape index (κ2) is 12.1. The minimum Gasteiger partial charge on any atom is -0.497 e. The van der Waals surface area contributed by atoms with Crippen LogP contribution in [0.1, 0.15) is 59.5 Å². The second-order valence-corrected chi connectivity index (χ2v) is 16.2. The molecule has 2 aliphatic heterocycles. The number of methoxy groups -OCH3 is 1. The van der Waals surface area contributed by atoms with Gasteiger partial charge < -0.3 is 14.0 Å². The molecule has 2 fully saturated rings. The van der Waals surface area contributed by atoms with E-state index in [0.717, 1.165) is 57.7 Å². The third-order valence-corrected chi connectivity index (χ3v) is 12.9. The van der Waals surface area contributed by atoms with Gasteiger partial charge in [0, 0.05) is 55.8 Å². The third-order valence-electron chi connectivity index (χ3n) is 9.23. The first-order chi connectivity index (χ1) is 21.0. The number of carbonyl (C=O) groups is 1. The Labute approximate surface area is 259 Å². The Morgan fingerprint density at radius 3 is 2.41 bits per heavy atom. The van der Waals surface area contributed by atoms with Crippen molar-refractivity contribution in [3.63, 3.8) is 0 Å². The molecule has 1 N–H and O–H groups in total. The molecule has 11 nitrogen and oxygen atoms in total. The molecular formula is C31H40N4O7S2. The van der Waals surface area contributed by atoms with Gasteiger partial charge >= 0.3 is 10.2 Å². The molecule has 2 aromatic carbocycles. The maximum atomic E-state index is 14.2. The molecule has 44 heavy (non-hydrogen) atoms. The first kappa shape index (κ1) is 31.0. The van der Waals surface area contributed by atoms with Gasteiger partial charge in [0.15, 0.2) is 0 Å². The summed E-state index contributed by atoms with van der Waals surface area (Å²) in [5, 5.41) is 0.194. The number of fused-ring (bicyclic) bond motifs is 5. The van der Waals surface area contributed by atoms with E-state index in [9.17, 15) is 21.6 Å². The van der Waals surface area contributed by atoms with Crippen LogP contribution in [0.25, 0.3) is 22.2 Å². The number of carbonyl (C=O) groups excluding carboxylic acids is 1. The van der Waals surface area contributed by atoms with Gasteiger partial charge in [0.25, 0.3) is 5.91 Å². The molecule has 0 spiro atoms. The lowest BCUT2D eigenvalue weighted by Crippen LogP contribution is -2.46. The van der Waals surface area contributed by atoms with E-state index in [1.165, 1.54) is 30.4 Å². The highest BCUT2D eigenvalue weighted by Gasteiger charge is 2.39. The van der Waals surface area contributed by atoms with E-state index in [-0.39, 0.29) is 18.0 Å². The summed E-state index contributed by atoms with van der Waals surface area (Å²) in [6.45, 7) is 1.51. The summed E-state index contributed by atoms with van der Waals surface area (Å²) >= 11 is 0. The van der Waals surface area contributed by atoms with Crippen LogP contribution in [0.3, 0.4) is 0 Å². The summed E-state index contributed by atoms with van der Waals surface area (Å²) in [4.78, 5) is 13.2. The van der Waals surface area contributed by atoms with Crippen molar-refractivity contribution in [3.05, 3.63) is 53.1 Å². The van der Waals surface area contributed by atoms with E-state index in [2.05, 4.69) is 9.29 Å². The standard InChI is InChI=1S/C31H40N4O7S2/c1-33(2)44(39,40)32-31(36)22-9-11-27-28(19-22)35-20-25(43(37,38)34-13-15-42-16-14-34)18-23-17-24(41-3)10-12-26(23)30(35)29(27)21-7-5-4-6-8-21/h9-12,17,19,21,25H,4-8,13-16,18,20H2,1-3H3,(H,32,36).